The average Bonchev–Trinajstić information content (AvgIpc) is 3.18. The summed E-state index contributed by atoms with van der Waals surface area (Å²) in [5.74, 6) is -0.671. The molecule has 0 radical (unpaired) electrons. The lowest BCUT2D eigenvalue weighted by molar-refractivity contribution is -0.138. The zero-order chi connectivity index (χ0) is 43.5. The molecule has 0 saturated heterocycles. The molecule has 0 aliphatic rings. The number of likely N-dealkylation sites (N-methyl/N-ethyl adjacent to an activating group) is 1. The molecule has 0 aliphatic heterocycles. The summed E-state index contributed by atoms with van der Waals surface area (Å²) in [4.78, 5) is 22.6. The van der Waals surface area contributed by atoms with Crippen LogP contribution in [0.25, 0.3) is 6.08 Å². The van der Waals surface area contributed by atoms with Crippen molar-refractivity contribution in [1.29, 1.82) is 0 Å². The molecule has 0 aromatic heterocycles. The van der Waals surface area contributed by atoms with Gasteiger partial charge in [-0.2, -0.15) is 0 Å². The van der Waals surface area contributed by atoms with E-state index in [0.717, 1.165) is 24.7 Å². The molecular weight excluding hydrogens is 695 g/mol. The number of allylic oxidation sites excluding steroid dienone is 1. The third kappa shape index (κ3) is 61.3. The van der Waals surface area contributed by atoms with E-state index in [1.165, 1.54) is 17.4 Å². The maximum absolute atomic E-state index is 10.4. The second-order valence-corrected chi connectivity index (χ2v) is 10.1. The van der Waals surface area contributed by atoms with Crippen LogP contribution in [-0.4, -0.2) is 85.2 Å². The summed E-state index contributed by atoms with van der Waals surface area (Å²) in [6.07, 6.45) is 11.6. The second kappa shape index (κ2) is 55.7. The first-order chi connectivity index (χ1) is 26.3. The fraction of sp³-hybridized carbons (Fsp3) is 0.348. The second-order valence-electron chi connectivity index (χ2n) is 10.1. The molecule has 55 heavy (non-hydrogen) atoms. The number of esters is 2. The number of carbonyl (C=O) groups excluding carboxylic acids is 2. The van der Waals surface area contributed by atoms with Crippen LogP contribution in [-0.2, 0) is 51.2 Å². The van der Waals surface area contributed by atoms with E-state index in [2.05, 4.69) is 76.5 Å². The molecule has 9 heteroatoms. The van der Waals surface area contributed by atoms with Crippen molar-refractivity contribution in [3.05, 3.63) is 166 Å². The maximum atomic E-state index is 10.4. The minimum absolute atomic E-state index is 0.312. The first-order valence-corrected chi connectivity index (χ1v) is 17.4. The highest BCUT2D eigenvalue weighted by Gasteiger charge is 1.98. The highest BCUT2D eigenvalue weighted by Crippen LogP contribution is 2.05. The Morgan fingerprint density at radius 2 is 1.13 bits per heavy atom. The van der Waals surface area contributed by atoms with Crippen molar-refractivity contribution in [2.45, 2.75) is 40.9 Å². The molecule has 0 aliphatic carbocycles. The monoisotopic (exact) mass is 768 g/mol. The predicted octanol–water partition coefficient (Wildman–Crippen LogP) is 10.2. The third-order valence-corrected chi connectivity index (χ3v) is 5.09. The summed E-state index contributed by atoms with van der Waals surface area (Å²) >= 11 is 0. The molecule has 2 aromatic rings. The minimum Gasteiger partial charge on any atom is -0.505 e. The van der Waals surface area contributed by atoms with Gasteiger partial charge in [0.1, 0.15) is 0 Å². The molecule has 9 nitrogen and oxygen atoms in total. The number of rotatable bonds is 16. The smallest absolute Gasteiger partial charge is 0.333 e. The van der Waals surface area contributed by atoms with Crippen LogP contribution in [0, 0.1) is 0 Å². The lowest BCUT2D eigenvalue weighted by Crippen LogP contribution is -2.17. The Bertz CT molecular complexity index is 1200. The van der Waals surface area contributed by atoms with Gasteiger partial charge in [-0.15, -0.1) is 26.3 Å². The predicted molar refractivity (Wildman–Crippen MR) is 236 cm³/mol. The van der Waals surface area contributed by atoms with Gasteiger partial charge in [-0.1, -0.05) is 111 Å². The average molecular weight is 768 g/mol. The molecule has 310 valence electrons. The van der Waals surface area contributed by atoms with E-state index in [4.69, 9.17) is 9.47 Å². The summed E-state index contributed by atoms with van der Waals surface area (Å²) in [5, 5.41) is 0. The lowest BCUT2D eigenvalue weighted by Gasteiger charge is -2.09. The summed E-state index contributed by atoms with van der Waals surface area (Å²) < 4.78 is 27.8. The highest BCUT2D eigenvalue weighted by molar-refractivity contribution is 5.86. The van der Waals surface area contributed by atoms with Crippen LogP contribution < -0.4 is 0 Å². The Morgan fingerprint density at radius 3 is 1.36 bits per heavy atom. The van der Waals surface area contributed by atoms with Gasteiger partial charge in [0.05, 0.1) is 46.4 Å². The molecule has 0 atom stereocenters. The molecule has 2 aromatic carbocycles. The third-order valence-electron chi connectivity index (χ3n) is 5.09. The molecule has 2 rings (SSSR count). The highest BCUT2D eigenvalue weighted by atomic mass is 16.5. The van der Waals surface area contributed by atoms with Crippen molar-refractivity contribution >= 4 is 18.0 Å². The SMILES string of the molecule is C=C(C)C(=O)OCC.C=CC.C=CC(=O)OCC.C=CCN(C)CC=C.C=CCOC.C=COC.C=Cc1ccc(COC)cc1.COCc1ccccc1. The van der Waals surface area contributed by atoms with Crippen LogP contribution in [0.1, 0.15) is 44.4 Å². The van der Waals surface area contributed by atoms with E-state index in [1.807, 2.05) is 86.8 Å². The van der Waals surface area contributed by atoms with Gasteiger partial charge >= 0.3 is 11.9 Å². The summed E-state index contributed by atoms with van der Waals surface area (Å²) in [5.41, 5.74) is 4.01. The fourth-order valence-electron chi connectivity index (χ4n) is 2.75. The van der Waals surface area contributed by atoms with Crippen molar-refractivity contribution in [2.24, 2.45) is 0 Å². The minimum atomic E-state index is -0.359. The van der Waals surface area contributed by atoms with Crippen molar-refractivity contribution in [1.82, 2.24) is 4.90 Å². The zero-order valence-electron chi connectivity index (χ0n) is 35.6. The van der Waals surface area contributed by atoms with Crippen LogP contribution in [0.2, 0.25) is 0 Å². The van der Waals surface area contributed by atoms with E-state index in [0.29, 0.717) is 38.6 Å². The zero-order valence-corrected chi connectivity index (χ0v) is 35.6. The molecule has 0 bridgehead atoms. The quantitative estimate of drug-likeness (QED) is 0.0716. The van der Waals surface area contributed by atoms with Crippen LogP contribution in [0.15, 0.2) is 149 Å². The van der Waals surface area contributed by atoms with Crippen LogP contribution in [0.3, 0.4) is 0 Å². The molecule has 0 amide bonds. The molecule has 0 unspecified atom stereocenters. The van der Waals surface area contributed by atoms with Crippen LogP contribution >= 0.6 is 0 Å². The fourth-order valence-corrected chi connectivity index (χ4v) is 2.75. The topological polar surface area (TPSA) is 92.8 Å². The number of methoxy groups -OCH3 is 4. The number of hydrogen-bond donors (Lipinski definition) is 0. The summed E-state index contributed by atoms with van der Waals surface area (Å²) in [6.45, 7) is 39.3. The molecule has 0 fully saturated rings. The van der Waals surface area contributed by atoms with E-state index in [1.54, 1.807) is 61.4 Å². The molecule has 0 N–H and O–H groups in total. The van der Waals surface area contributed by atoms with Gasteiger partial charge < -0.3 is 28.4 Å². The Hall–Kier alpha value is -5.06. The number of nitrogens with zero attached hydrogens (tertiary/aromatic N) is 1. The standard InChI is InChI=1S/C10H12O.C8H10O.C7H13N.C6H10O2.C5H8O2.C4H8O.C3H6O.C3H6/c1-3-9-4-6-10(7-5-9)8-11-2;1-9-7-8-5-3-2-4-6-8;1-4-6-8(3)7-5-2;1-4-8-6(7)5(2)3;1-3-5(6)7-4-2;1-3-4-5-2;1-3-4-2;1-3-2/h3-7H,1,8H2,2H3;2-6H,7H2,1H3;4-5H,1-2,6-7H2,3H3;2,4H2,1,3H3;3H,1,4H2,2H3;3H,1,4H2,2H3;3H,1H2,2H3;3H,1H2,2H3. The van der Waals surface area contributed by atoms with Gasteiger partial charge in [0.25, 0.3) is 0 Å². The Labute approximate surface area is 335 Å². The molecule has 0 heterocycles. The molecule has 0 spiro atoms. The van der Waals surface area contributed by atoms with E-state index in [-0.39, 0.29) is 11.9 Å². The number of carbonyl (C=O) groups is 2. The van der Waals surface area contributed by atoms with Gasteiger partial charge in [-0.25, -0.2) is 9.59 Å². The van der Waals surface area contributed by atoms with E-state index >= 15 is 0 Å². The van der Waals surface area contributed by atoms with Gasteiger partial charge in [-0.3, -0.25) is 4.90 Å². The van der Waals surface area contributed by atoms with Crippen molar-refractivity contribution < 1.29 is 38.0 Å². The van der Waals surface area contributed by atoms with Crippen molar-refractivity contribution in [3.63, 3.8) is 0 Å². The molecular formula is C46H73NO8. The normalized spacial score (nSPS) is 8.25. The van der Waals surface area contributed by atoms with Gasteiger partial charge in [0, 0.05) is 46.1 Å². The first kappa shape index (κ1) is 62.0. The van der Waals surface area contributed by atoms with E-state index < -0.39 is 0 Å². The summed E-state index contributed by atoms with van der Waals surface area (Å²) in [7, 11) is 8.63. The van der Waals surface area contributed by atoms with Gasteiger partial charge in [0.15, 0.2) is 0 Å². The Morgan fingerprint density at radius 1 is 0.691 bits per heavy atom. The Kier molecular flexibility index (Phi) is 62.7. The first-order valence-electron chi connectivity index (χ1n) is 17.4. The molecule has 0 saturated carbocycles. The Balaban J connectivity index is -0.000000128. The maximum Gasteiger partial charge on any atom is 0.333 e. The number of benzene rings is 2. The number of ether oxygens (including phenoxy) is 6. The largest absolute Gasteiger partial charge is 0.505 e. The van der Waals surface area contributed by atoms with Crippen molar-refractivity contribution in [3.8, 4) is 0 Å². The van der Waals surface area contributed by atoms with Crippen LogP contribution in [0.5, 0.6) is 0 Å². The van der Waals surface area contributed by atoms with Crippen molar-refractivity contribution in [2.75, 3.05) is 68.4 Å². The lowest BCUT2D eigenvalue weighted by atomic mass is 10.1. The summed E-state index contributed by atoms with van der Waals surface area (Å²) in [6, 6.07) is 18.2. The van der Waals surface area contributed by atoms with Crippen LogP contribution in [0.4, 0.5) is 0 Å². The van der Waals surface area contributed by atoms with Gasteiger partial charge in [0.2, 0.25) is 0 Å². The number of hydrogen-bond acceptors (Lipinski definition) is 9. The van der Waals surface area contributed by atoms with E-state index in [9.17, 15) is 9.59 Å². The van der Waals surface area contributed by atoms with Gasteiger partial charge in [-0.05, 0) is 51.4 Å².